The Bertz CT molecular complexity index is 1290. The van der Waals surface area contributed by atoms with E-state index in [0.29, 0.717) is 28.8 Å². The number of aliphatic hydroxyl groups is 1. The summed E-state index contributed by atoms with van der Waals surface area (Å²) in [5, 5.41) is 18.9. The van der Waals surface area contributed by atoms with Gasteiger partial charge < -0.3 is 31.9 Å². The number of aryl methyl sites for hydroxylation is 1. The van der Waals surface area contributed by atoms with E-state index in [1.165, 1.54) is 30.6 Å². The molecule has 220 valence electrons. The minimum absolute atomic E-state index is 0.0286. The average Bonchev–Trinajstić information content (AvgIpc) is 3.54. The van der Waals surface area contributed by atoms with Crippen LogP contribution in [0.3, 0.4) is 0 Å². The quantitative estimate of drug-likeness (QED) is 0.221. The maximum atomic E-state index is 12.1. The van der Waals surface area contributed by atoms with Gasteiger partial charge in [-0.1, -0.05) is 24.4 Å². The molecule has 12 nitrogen and oxygen atoms in total. The molecule has 1 aliphatic rings. The van der Waals surface area contributed by atoms with Crippen molar-refractivity contribution in [3.63, 3.8) is 0 Å². The van der Waals surface area contributed by atoms with Gasteiger partial charge in [0.05, 0.1) is 41.2 Å². The standard InChI is InChI=1S/C13H17ClN4O2.C8H13N3O.C6H11NO/c1-8-7-15-11-9(6-10(14)16-18(8)11)17(5)12(19)20-13(2,3)4;1-11-7-3-5(4-12)2-6(9)8(7)10;8-5-7-6-3-1-2-4-6/h6-7H,1-5H3;2-3,11-12H,4,9-10H2,1H3;5-6H,1-4H2,(H,7,8). The largest absolute Gasteiger partial charge is 0.443 e. The molecule has 2 heterocycles. The lowest BCUT2D eigenvalue weighted by molar-refractivity contribution is -0.110. The Morgan fingerprint density at radius 2 is 1.93 bits per heavy atom. The third-order valence-electron chi connectivity index (χ3n) is 6.00. The number of nitrogens with two attached hydrogens (primary N) is 2. The molecular formula is C27H41ClN8O4. The number of carbonyl (C=O) groups excluding carboxylic acids is 2. The van der Waals surface area contributed by atoms with Crippen molar-refractivity contribution >= 4 is 52.5 Å². The zero-order chi connectivity index (χ0) is 30.0. The Hall–Kier alpha value is -3.77. The van der Waals surface area contributed by atoms with Crippen LogP contribution < -0.4 is 27.0 Å². The lowest BCUT2D eigenvalue weighted by Crippen LogP contribution is -2.34. The van der Waals surface area contributed by atoms with Crippen LogP contribution in [-0.2, 0) is 16.1 Å². The zero-order valence-corrected chi connectivity index (χ0v) is 24.7. The summed E-state index contributed by atoms with van der Waals surface area (Å²) < 4.78 is 6.93. The van der Waals surface area contributed by atoms with Gasteiger partial charge >= 0.3 is 6.09 Å². The molecule has 0 atom stereocenters. The Balaban J connectivity index is 0.000000236. The van der Waals surface area contributed by atoms with E-state index in [2.05, 4.69) is 20.7 Å². The number of halogens is 1. The molecule has 0 saturated heterocycles. The van der Waals surface area contributed by atoms with Crippen LogP contribution in [-0.4, -0.2) is 57.9 Å². The van der Waals surface area contributed by atoms with E-state index in [-0.39, 0.29) is 11.8 Å². The van der Waals surface area contributed by atoms with E-state index in [1.807, 2.05) is 27.7 Å². The topological polar surface area (TPSA) is 173 Å². The van der Waals surface area contributed by atoms with Crippen LogP contribution in [0.15, 0.2) is 24.4 Å². The van der Waals surface area contributed by atoms with Gasteiger partial charge in [0.25, 0.3) is 0 Å². The van der Waals surface area contributed by atoms with Crippen LogP contribution >= 0.6 is 11.6 Å². The molecule has 2 aromatic heterocycles. The van der Waals surface area contributed by atoms with Crippen molar-refractivity contribution in [1.82, 2.24) is 19.9 Å². The Morgan fingerprint density at radius 3 is 2.48 bits per heavy atom. The normalized spacial score (nSPS) is 13.0. The van der Waals surface area contributed by atoms with E-state index in [9.17, 15) is 9.59 Å². The van der Waals surface area contributed by atoms with Gasteiger partial charge in [-0.15, -0.1) is 0 Å². The summed E-state index contributed by atoms with van der Waals surface area (Å²) in [5.74, 6) is 0. The van der Waals surface area contributed by atoms with Gasteiger partial charge in [-0.25, -0.2) is 14.3 Å². The number of hydrogen-bond acceptors (Lipinski definition) is 9. The molecule has 7 N–H and O–H groups in total. The number of hydrogen-bond donors (Lipinski definition) is 5. The Kier molecular flexibility index (Phi) is 11.8. The van der Waals surface area contributed by atoms with Crippen LogP contribution in [0, 0.1) is 6.92 Å². The monoisotopic (exact) mass is 576 g/mol. The van der Waals surface area contributed by atoms with Gasteiger partial charge in [0, 0.05) is 26.2 Å². The molecule has 0 bridgehead atoms. The van der Waals surface area contributed by atoms with Crippen molar-refractivity contribution in [2.24, 2.45) is 0 Å². The molecule has 13 heteroatoms. The summed E-state index contributed by atoms with van der Waals surface area (Å²) in [6, 6.07) is 5.52. The summed E-state index contributed by atoms with van der Waals surface area (Å²) in [6.45, 7) is 7.27. The molecular weight excluding hydrogens is 536 g/mol. The number of nitrogen functional groups attached to an aromatic ring is 2. The highest BCUT2D eigenvalue weighted by molar-refractivity contribution is 6.29. The minimum Gasteiger partial charge on any atom is -0.443 e. The molecule has 1 fully saturated rings. The maximum absolute atomic E-state index is 12.1. The van der Waals surface area contributed by atoms with E-state index < -0.39 is 11.7 Å². The average molecular weight is 577 g/mol. The van der Waals surface area contributed by atoms with Crippen molar-refractivity contribution in [1.29, 1.82) is 0 Å². The number of carbonyl (C=O) groups is 2. The van der Waals surface area contributed by atoms with Gasteiger partial charge in [-0.2, -0.15) is 5.10 Å². The first-order valence-electron chi connectivity index (χ1n) is 12.9. The smallest absolute Gasteiger partial charge is 0.414 e. The number of benzene rings is 1. The number of imidazole rings is 1. The minimum atomic E-state index is -0.566. The van der Waals surface area contributed by atoms with Crippen molar-refractivity contribution in [3.8, 4) is 0 Å². The first-order valence-corrected chi connectivity index (χ1v) is 13.3. The summed E-state index contributed by atoms with van der Waals surface area (Å²) in [5.41, 5.74) is 15.1. The van der Waals surface area contributed by atoms with Crippen molar-refractivity contribution in [3.05, 3.63) is 40.8 Å². The van der Waals surface area contributed by atoms with Gasteiger partial charge in [0.1, 0.15) is 5.60 Å². The summed E-state index contributed by atoms with van der Waals surface area (Å²) in [7, 11) is 3.37. The van der Waals surface area contributed by atoms with Crippen LogP contribution in [0.25, 0.3) is 5.65 Å². The number of ether oxygens (including phenoxy) is 1. The van der Waals surface area contributed by atoms with Gasteiger partial charge in [-0.05, 0) is 58.2 Å². The van der Waals surface area contributed by atoms with Crippen LogP contribution in [0.1, 0.15) is 57.7 Å². The molecule has 1 saturated carbocycles. The van der Waals surface area contributed by atoms with E-state index in [4.69, 9.17) is 32.9 Å². The molecule has 0 radical (unpaired) electrons. The summed E-state index contributed by atoms with van der Waals surface area (Å²) in [4.78, 5) is 27.6. The van der Waals surface area contributed by atoms with Gasteiger partial charge in [0.15, 0.2) is 10.8 Å². The number of fused-ring (bicyclic) bond motifs is 1. The van der Waals surface area contributed by atoms with Crippen molar-refractivity contribution < 1.29 is 19.4 Å². The Labute approximate surface area is 240 Å². The highest BCUT2D eigenvalue weighted by atomic mass is 35.5. The zero-order valence-electron chi connectivity index (χ0n) is 24.0. The predicted molar refractivity (Wildman–Crippen MR) is 160 cm³/mol. The maximum Gasteiger partial charge on any atom is 0.414 e. The lowest BCUT2D eigenvalue weighted by Gasteiger charge is -2.24. The number of anilines is 4. The number of aromatic nitrogens is 3. The third kappa shape index (κ3) is 9.16. The molecule has 0 spiro atoms. The van der Waals surface area contributed by atoms with Crippen LogP contribution in [0.2, 0.25) is 5.15 Å². The van der Waals surface area contributed by atoms with E-state index in [0.717, 1.165) is 23.4 Å². The molecule has 1 aliphatic carbocycles. The van der Waals surface area contributed by atoms with Crippen molar-refractivity contribution in [2.45, 2.75) is 71.6 Å². The highest BCUT2D eigenvalue weighted by Gasteiger charge is 2.23. The molecule has 1 aromatic carbocycles. The van der Waals surface area contributed by atoms with Crippen LogP contribution in [0.5, 0.6) is 0 Å². The summed E-state index contributed by atoms with van der Waals surface area (Å²) in [6.07, 6.45) is 6.93. The first-order chi connectivity index (χ1) is 18.8. The second-order valence-corrected chi connectivity index (χ2v) is 10.7. The molecule has 0 aliphatic heterocycles. The van der Waals surface area contributed by atoms with Gasteiger partial charge in [-0.3, -0.25) is 9.69 Å². The number of amides is 2. The first kappa shape index (κ1) is 32.4. The Morgan fingerprint density at radius 1 is 1.27 bits per heavy atom. The lowest BCUT2D eigenvalue weighted by atomic mass is 10.1. The molecule has 4 rings (SSSR count). The second kappa shape index (κ2) is 14.6. The van der Waals surface area contributed by atoms with E-state index >= 15 is 0 Å². The van der Waals surface area contributed by atoms with E-state index in [1.54, 1.807) is 43.0 Å². The molecule has 3 aromatic rings. The molecule has 40 heavy (non-hydrogen) atoms. The highest BCUT2D eigenvalue weighted by Crippen LogP contribution is 2.27. The molecule has 0 unspecified atom stereocenters. The van der Waals surface area contributed by atoms with Gasteiger partial charge in [0.2, 0.25) is 6.41 Å². The summed E-state index contributed by atoms with van der Waals surface area (Å²) >= 11 is 6.00. The second-order valence-electron chi connectivity index (χ2n) is 10.3. The number of rotatable bonds is 5. The third-order valence-corrected chi connectivity index (χ3v) is 6.18. The molecule has 2 amide bonds. The predicted octanol–water partition coefficient (Wildman–Crippen LogP) is 4.12. The number of aliphatic hydroxyl groups excluding tert-OH is 1. The van der Waals surface area contributed by atoms with Crippen molar-refractivity contribution in [2.75, 3.05) is 35.8 Å². The SMILES string of the molecule is CNc1cc(CO)cc(N)c1N.Cc1cnc2c(N(C)C(=O)OC(C)(C)C)cc(Cl)nn12.O=CNC1CCCC1. The fraction of sp³-hybridized carbons (Fsp3) is 0.481. The fourth-order valence-corrected chi connectivity index (χ4v) is 4.11. The number of nitrogens with zero attached hydrogens (tertiary/aromatic N) is 4. The fourth-order valence-electron chi connectivity index (χ4n) is 3.93. The number of nitrogens with one attached hydrogen (secondary N) is 2. The van der Waals surface area contributed by atoms with Crippen LogP contribution in [0.4, 0.5) is 27.5 Å².